The minimum atomic E-state index is -0.386. The standard InChI is InChI=1S/C11H14N2O4/c1-8(14)17-6-4-5-9-7-12(2)11(16)13(3)10(9)15/h4-5,7H,6H2,1-3H3/b5-4+. The van der Waals surface area contributed by atoms with Crippen LogP contribution in [0.5, 0.6) is 0 Å². The molecule has 0 saturated heterocycles. The van der Waals surface area contributed by atoms with Gasteiger partial charge in [-0.25, -0.2) is 4.79 Å². The first-order valence-corrected chi connectivity index (χ1v) is 5.00. The summed E-state index contributed by atoms with van der Waals surface area (Å²) in [4.78, 5) is 33.6. The normalized spacial score (nSPS) is 10.8. The molecule has 1 rings (SSSR count). The molecule has 1 heterocycles. The van der Waals surface area contributed by atoms with Crippen molar-refractivity contribution in [2.75, 3.05) is 6.61 Å². The van der Waals surface area contributed by atoms with Gasteiger partial charge in [-0.05, 0) is 12.2 Å². The molecule has 0 radical (unpaired) electrons. The number of aromatic nitrogens is 2. The molecule has 0 saturated carbocycles. The van der Waals surface area contributed by atoms with E-state index in [0.717, 1.165) is 4.57 Å². The van der Waals surface area contributed by atoms with Gasteiger partial charge in [0.05, 0.1) is 5.56 Å². The van der Waals surface area contributed by atoms with Gasteiger partial charge in [0.25, 0.3) is 5.56 Å². The molecule has 0 aliphatic heterocycles. The van der Waals surface area contributed by atoms with E-state index < -0.39 is 0 Å². The van der Waals surface area contributed by atoms with Gasteiger partial charge in [-0.1, -0.05) is 0 Å². The third kappa shape index (κ3) is 3.17. The van der Waals surface area contributed by atoms with Gasteiger partial charge in [-0.2, -0.15) is 0 Å². The molecule has 1 aromatic heterocycles. The summed E-state index contributed by atoms with van der Waals surface area (Å²) in [5, 5.41) is 0. The van der Waals surface area contributed by atoms with Crippen molar-refractivity contribution in [1.29, 1.82) is 0 Å². The van der Waals surface area contributed by atoms with Gasteiger partial charge < -0.3 is 9.30 Å². The summed E-state index contributed by atoms with van der Waals surface area (Å²) in [5.41, 5.74) is -0.402. The molecule has 0 spiro atoms. The fraction of sp³-hybridized carbons (Fsp3) is 0.364. The largest absolute Gasteiger partial charge is 0.462 e. The molecule has 0 unspecified atom stereocenters. The molecule has 0 aliphatic carbocycles. The van der Waals surface area contributed by atoms with Crippen molar-refractivity contribution < 1.29 is 9.53 Å². The van der Waals surface area contributed by atoms with E-state index >= 15 is 0 Å². The fourth-order valence-corrected chi connectivity index (χ4v) is 1.29. The van der Waals surface area contributed by atoms with E-state index in [2.05, 4.69) is 4.74 Å². The van der Waals surface area contributed by atoms with E-state index in [1.165, 1.54) is 30.8 Å². The van der Waals surface area contributed by atoms with Crippen molar-refractivity contribution in [3.8, 4) is 0 Å². The Labute approximate surface area is 97.8 Å². The Morgan fingerprint density at radius 3 is 2.65 bits per heavy atom. The van der Waals surface area contributed by atoms with Crippen LogP contribution >= 0.6 is 0 Å². The van der Waals surface area contributed by atoms with Crippen LogP contribution in [0.15, 0.2) is 21.9 Å². The number of rotatable bonds is 3. The molecule has 1 aromatic rings. The van der Waals surface area contributed by atoms with Gasteiger partial charge in [0.15, 0.2) is 0 Å². The Bertz CT molecular complexity index is 566. The number of ether oxygens (including phenoxy) is 1. The quantitative estimate of drug-likeness (QED) is 0.675. The number of esters is 1. The van der Waals surface area contributed by atoms with Gasteiger partial charge in [-0.3, -0.25) is 14.2 Å². The molecule has 92 valence electrons. The van der Waals surface area contributed by atoms with Crippen molar-refractivity contribution in [3.63, 3.8) is 0 Å². The monoisotopic (exact) mass is 238 g/mol. The summed E-state index contributed by atoms with van der Waals surface area (Å²) in [6.45, 7) is 1.40. The molecule has 6 nitrogen and oxygen atoms in total. The second-order valence-corrected chi connectivity index (χ2v) is 3.55. The second kappa shape index (κ2) is 5.29. The molecule has 0 N–H and O–H groups in total. The molecule has 0 aliphatic rings. The van der Waals surface area contributed by atoms with Crippen molar-refractivity contribution in [2.24, 2.45) is 14.1 Å². The Kier molecular flexibility index (Phi) is 4.03. The number of carbonyl (C=O) groups is 1. The fourth-order valence-electron chi connectivity index (χ4n) is 1.29. The number of aryl methyl sites for hydroxylation is 1. The van der Waals surface area contributed by atoms with Crippen molar-refractivity contribution in [2.45, 2.75) is 6.92 Å². The number of hydrogen-bond donors (Lipinski definition) is 0. The smallest absolute Gasteiger partial charge is 0.330 e. The Balaban J connectivity index is 2.97. The van der Waals surface area contributed by atoms with Crippen molar-refractivity contribution >= 4 is 12.0 Å². The maximum atomic E-state index is 11.7. The summed E-state index contributed by atoms with van der Waals surface area (Å²) >= 11 is 0. The first-order valence-electron chi connectivity index (χ1n) is 5.00. The molecule has 0 atom stereocenters. The maximum Gasteiger partial charge on any atom is 0.330 e. The van der Waals surface area contributed by atoms with Crippen LogP contribution in [-0.4, -0.2) is 21.7 Å². The highest BCUT2D eigenvalue weighted by Crippen LogP contribution is 1.92. The first-order chi connectivity index (χ1) is 7.93. The zero-order valence-electron chi connectivity index (χ0n) is 9.97. The highest BCUT2D eigenvalue weighted by molar-refractivity contribution is 5.66. The lowest BCUT2D eigenvalue weighted by Crippen LogP contribution is -2.37. The highest BCUT2D eigenvalue weighted by atomic mass is 16.5. The van der Waals surface area contributed by atoms with E-state index in [-0.39, 0.29) is 23.8 Å². The SMILES string of the molecule is CC(=O)OC/C=C/c1cn(C)c(=O)n(C)c1=O. The van der Waals surface area contributed by atoms with Crippen LogP contribution in [-0.2, 0) is 23.6 Å². The summed E-state index contributed by atoms with van der Waals surface area (Å²) in [5.74, 6) is -0.386. The topological polar surface area (TPSA) is 70.3 Å². The second-order valence-electron chi connectivity index (χ2n) is 3.55. The summed E-state index contributed by atoms with van der Waals surface area (Å²) in [7, 11) is 2.97. The van der Waals surface area contributed by atoms with Crippen molar-refractivity contribution in [3.05, 3.63) is 38.7 Å². The average Bonchev–Trinajstić information content (AvgIpc) is 2.27. The zero-order chi connectivity index (χ0) is 13.0. The molecular weight excluding hydrogens is 224 g/mol. The first kappa shape index (κ1) is 13.0. The number of carbonyl (C=O) groups excluding carboxylic acids is 1. The van der Waals surface area contributed by atoms with Crippen LogP contribution in [0.2, 0.25) is 0 Å². The molecule has 0 aromatic carbocycles. The third-order valence-corrected chi connectivity index (χ3v) is 2.15. The molecule has 0 bridgehead atoms. The van der Waals surface area contributed by atoms with E-state index in [4.69, 9.17) is 0 Å². The molecule has 0 fully saturated rings. The average molecular weight is 238 g/mol. The number of nitrogens with zero attached hydrogens (tertiary/aromatic N) is 2. The van der Waals surface area contributed by atoms with Gasteiger partial charge in [0.2, 0.25) is 0 Å². The summed E-state index contributed by atoms with van der Waals surface area (Å²) in [6, 6.07) is 0. The molecular formula is C11H14N2O4. The van der Waals surface area contributed by atoms with Gasteiger partial charge >= 0.3 is 11.7 Å². The van der Waals surface area contributed by atoms with Crippen LogP contribution in [0.3, 0.4) is 0 Å². The molecule has 6 heteroatoms. The Morgan fingerprint density at radius 1 is 1.41 bits per heavy atom. The van der Waals surface area contributed by atoms with Gasteiger partial charge in [0.1, 0.15) is 6.61 Å². The number of hydrogen-bond acceptors (Lipinski definition) is 4. The maximum absolute atomic E-state index is 11.7. The lowest BCUT2D eigenvalue weighted by Gasteiger charge is -2.03. The van der Waals surface area contributed by atoms with Gasteiger partial charge in [0, 0.05) is 27.2 Å². The van der Waals surface area contributed by atoms with Crippen LogP contribution < -0.4 is 11.2 Å². The van der Waals surface area contributed by atoms with E-state index in [1.54, 1.807) is 13.1 Å². The zero-order valence-corrected chi connectivity index (χ0v) is 9.97. The van der Waals surface area contributed by atoms with Gasteiger partial charge in [-0.15, -0.1) is 0 Å². The Hall–Kier alpha value is -2.11. The van der Waals surface area contributed by atoms with Crippen molar-refractivity contribution in [1.82, 2.24) is 9.13 Å². The van der Waals surface area contributed by atoms with E-state index in [0.29, 0.717) is 5.56 Å². The third-order valence-electron chi connectivity index (χ3n) is 2.15. The van der Waals surface area contributed by atoms with Crippen LogP contribution in [0.1, 0.15) is 12.5 Å². The van der Waals surface area contributed by atoms with Crippen LogP contribution in [0.4, 0.5) is 0 Å². The lowest BCUT2D eigenvalue weighted by molar-refractivity contribution is -0.139. The predicted octanol–water partition coefficient (Wildman–Crippen LogP) is -0.340. The Morgan fingerprint density at radius 2 is 2.06 bits per heavy atom. The summed E-state index contributed by atoms with van der Waals surface area (Å²) in [6.07, 6.45) is 4.50. The minimum Gasteiger partial charge on any atom is -0.462 e. The summed E-state index contributed by atoms with van der Waals surface area (Å²) < 4.78 is 7.02. The lowest BCUT2D eigenvalue weighted by atomic mass is 10.3. The molecule has 17 heavy (non-hydrogen) atoms. The van der Waals surface area contributed by atoms with Crippen LogP contribution in [0.25, 0.3) is 6.08 Å². The minimum absolute atomic E-state index is 0.0985. The van der Waals surface area contributed by atoms with E-state index in [9.17, 15) is 14.4 Å². The van der Waals surface area contributed by atoms with E-state index in [1.807, 2.05) is 0 Å². The highest BCUT2D eigenvalue weighted by Gasteiger charge is 2.03. The molecule has 0 amide bonds. The predicted molar refractivity (Wildman–Crippen MR) is 62.6 cm³/mol. The van der Waals surface area contributed by atoms with Crippen LogP contribution in [0, 0.1) is 0 Å².